The summed E-state index contributed by atoms with van der Waals surface area (Å²) in [7, 11) is 0. The van der Waals surface area contributed by atoms with Gasteiger partial charge in [-0.1, -0.05) is 54.6 Å². The molecular formula is C24H19N3O2. The number of aromatic nitrogens is 2. The molecule has 0 aliphatic rings. The Labute approximate surface area is 168 Å². The van der Waals surface area contributed by atoms with Crippen LogP contribution in [0.3, 0.4) is 0 Å². The lowest BCUT2D eigenvalue weighted by Gasteiger charge is -2.05. The predicted octanol–water partition coefficient (Wildman–Crippen LogP) is 5.45. The number of rotatable bonds is 5. The molecule has 0 saturated heterocycles. The molecule has 1 N–H and O–H groups in total. The normalized spacial score (nSPS) is 11.3. The highest BCUT2D eigenvalue weighted by Gasteiger charge is 2.11. The van der Waals surface area contributed by atoms with Gasteiger partial charge in [0.05, 0.1) is 0 Å². The fourth-order valence-electron chi connectivity index (χ4n) is 2.93. The van der Waals surface area contributed by atoms with E-state index in [-0.39, 0.29) is 5.91 Å². The fourth-order valence-corrected chi connectivity index (χ4v) is 2.93. The summed E-state index contributed by atoms with van der Waals surface area (Å²) in [6.07, 6.45) is 1.59. The number of carbonyl (C=O) groups excluding carboxylic acids is 1. The molecule has 4 rings (SSSR count). The Hall–Kier alpha value is -3.99. The second-order valence-electron chi connectivity index (χ2n) is 6.54. The Balaban J connectivity index is 1.51. The third kappa shape index (κ3) is 4.47. The lowest BCUT2D eigenvalue weighted by atomic mass is 10.1. The van der Waals surface area contributed by atoms with Gasteiger partial charge in [-0.05, 0) is 48.4 Å². The SMILES string of the molecule is C/C(=C\C(=O)Nc1cccc(-c2nnc(-c3ccccc3)o2)c1)c1ccccc1. The molecule has 0 bridgehead atoms. The molecule has 1 aromatic heterocycles. The molecule has 0 radical (unpaired) electrons. The molecule has 0 aliphatic carbocycles. The first-order valence-corrected chi connectivity index (χ1v) is 9.23. The van der Waals surface area contributed by atoms with E-state index in [1.807, 2.05) is 91.9 Å². The Morgan fingerprint density at radius 3 is 2.17 bits per heavy atom. The smallest absolute Gasteiger partial charge is 0.248 e. The maximum absolute atomic E-state index is 12.4. The molecule has 29 heavy (non-hydrogen) atoms. The van der Waals surface area contributed by atoms with Gasteiger partial charge in [0.25, 0.3) is 0 Å². The third-order valence-electron chi connectivity index (χ3n) is 4.40. The average molecular weight is 381 g/mol. The number of nitrogens with one attached hydrogen (secondary N) is 1. The summed E-state index contributed by atoms with van der Waals surface area (Å²) in [4.78, 5) is 12.4. The van der Waals surface area contributed by atoms with Crippen LogP contribution in [0.25, 0.3) is 28.5 Å². The number of amides is 1. The number of anilines is 1. The lowest BCUT2D eigenvalue weighted by Crippen LogP contribution is -2.08. The van der Waals surface area contributed by atoms with Crippen molar-refractivity contribution in [2.75, 3.05) is 5.32 Å². The van der Waals surface area contributed by atoms with Gasteiger partial charge in [0.2, 0.25) is 17.7 Å². The predicted molar refractivity (Wildman–Crippen MR) is 114 cm³/mol. The van der Waals surface area contributed by atoms with Gasteiger partial charge in [0.1, 0.15) is 0 Å². The van der Waals surface area contributed by atoms with Crippen molar-refractivity contribution in [3.8, 4) is 22.9 Å². The van der Waals surface area contributed by atoms with Gasteiger partial charge in [-0.2, -0.15) is 0 Å². The van der Waals surface area contributed by atoms with Crippen molar-refractivity contribution in [1.29, 1.82) is 0 Å². The summed E-state index contributed by atoms with van der Waals surface area (Å²) in [6, 6.07) is 26.7. The lowest BCUT2D eigenvalue weighted by molar-refractivity contribution is -0.111. The number of hydrogen-bond acceptors (Lipinski definition) is 4. The summed E-state index contributed by atoms with van der Waals surface area (Å²) in [5.74, 6) is 0.659. The number of nitrogens with zero attached hydrogens (tertiary/aromatic N) is 2. The van der Waals surface area contributed by atoms with Gasteiger partial charge in [-0.3, -0.25) is 4.79 Å². The van der Waals surface area contributed by atoms with E-state index < -0.39 is 0 Å². The minimum atomic E-state index is -0.195. The number of benzene rings is 3. The van der Waals surface area contributed by atoms with Gasteiger partial charge in [-0.25, -0.2) is 0 Å². The van der Waals surface area contributed by atoms with Gasteiger partial charge < -0.3 is 9.73 Å². The molecule has 0 saturated carbocycles. The zero-order valence-electron chi connectivity index (χ0n) is 15.9. The maximum Gasteiger partial charge on any atom is 0.248 e. The molecule has 1 heterocycles. The van der Waals surface area contributed by atoms with Crippen molar-refractivity contribution in [2.45, 2.75) is 6.92 Å². The molecule has 5 heteroatoms. The first-order chi connectivity index (χ1) is 14.2. The number of carbonyl (C=O) groups is 1. The zero-order valence-corrected chi connectivity index (χ0v) is 15.9. The van der Waals surface area contributed by atoms with E-state index in [2.05, 4.69) is 15.5 Å². The molecule has 5 nitrogen and oxygen atoms in total. The number of hydrogen-bond donors (Lipinski definition) is 1. The fraction of sp³-hybridized carbons (Fsp3) is 0.0417. The van der Waals surface area contributed by atoms with Crippen LogP contribution in [0.2, 0.25) is 0 Å². The Morgan fingerprint density at radius 1 is 0.828 bits per heavy atom. The summed E-state index contributed by atoms with van der Waals surface area (Å²) in [5.41, 5.74) is 4.15. The van der Waals surface area contributed by atoms with Crippen LogP contribution in [0.1, 0.15) is 12.5 Å². The monoisotopic (exact) mass is 381 g/mol. The standard InChI is InChI=1S/C24H19N3O2/c1-17(18-9-4-2-5-10-18)15-22(28)25-21-14-8-13-20(16-21)24-27-26-23(29-24)19-11-6-3-7-12-19/h2-16H,1H3,(H,25,28)/b17-15+. The van der Waals surface area contributed by atoms with Crippen LogP contribution in [0.4, 0.5) is 5.69 Å². The Bertz CT molecular complexity index is 1150. The van der Waals surface area contributed by atoms with Crippen molar-refractivity contribution < 1.29 is 9.21 Å². The zero-order chi connectivity index (χ0) is 20.1. The largest absolute Gasteiger partial charge is 0.416 e. The van der Waals surface area contributed by atoms with Crippen molar-refractivity contribution in [3.05, 3.63) is 96.6 Å². The van der Waals surface area contributed by atoms with Crippen LogP contribution in [0.5, 0.6) is 0 Å². The Kier molecular flexibility index (Phi) is 5.29. The summed E-state index contributed by atoms with van der Waals surface area (Å²) >= 11 is 0. The molecule has 1 amide bonds. The molecule has 0 spiro atoms. The van der Waals surface area contributed by atoms with Gasteiger partial charge in [-0.15, -0.1) is 10.2 Å². The first-order valence-electron chi connectivity index (χ1n) is 9.23. The van der Waals surface area contributed by atoms with Crippen molar-refractivity contribution in [1.82, 2.24) is 10.2 Å². The van der Waals surface area contributed by atoms with Crippen LogP contribution in [0, 0.1) is 0 Å². The molecule has 0 atom stereocenters. The highest BCUT2D eigenvalue weighted by molar-refractivity contribution is 6.04. The minimum absolute atomic E-state index is 0.195. The second-order valence-corrected chi connectivity index (χ2v) is 6.54. The van der Waals surface area contributed by atoms with E-state index in [1.54, 1.807) is 6.08 Å². The molecular weight excluding hydrogens is 362 g/mol. The van der Waals surface area contributed by atoms with Crippen molar-refractivity contribution in [2.24, 2.45) is 0 Å². The molecule has 142 valence electrons. The highest BCUT2D eigenvalue weighted by Crippen LogP contribution is 2.25. The van der Waals surface area contributed by atoms with Crippen molar-refractivity contribution in [3.63, 3.8) is 0 Å². The third-order valence-corrected chi connectivity index (χ3v) is 4.40. The van der Waals surface area contributed by atoms with E-state index in [0.717, 1.165) is 22.3 Å². The molecule has 3 aromatic carbocycles. The van der Waals surface area contributed by atoms with Gasteiger partial charge >= 0.3 is 0 Å². The second kappa shape index (κ2) is 8.35. The van der Waals surface area contributed by atoms with Gasteiger partial charge in [0, 0.05) is 22.9 Å². The quantitative estimate of drug-likeness (QED) is 0.467. The van der Waals surface area contributed by atoms with Gasteiger partial charge in [0.15, 0.2) is 0 Å². The van der Waals surface area contributed by atoms with Crippen LogP contribution in [0.15, 0.2) is 95.4 Å². The maximum atomic E-state index is 12.4. The van der Waals surface area contributed by atoms with Crippen molar-refractivity contribution >= 4 is 17.2 Å². The molecule has 0 aliphatic heterocycles. The van der Waals surface area contributed by atoms with E-state index in [1.165, 1.54) is 0 Å². The molecule has 0 fully saturated rings. The Morgan fingerprint density at radius 2 is 1.45 bits per heavy atom. The van der Waals surface area contributed by atoms with E-state index >= 15 is 0 Å². The summed E-state index contributed by atoms with van der Waals surface area (Å²) in [6.45, 7) is 1.91. The summed E-state index contributed by atoms with van der Waals surface area (Å²) < 4.78 is 5.79. The van der Waals surface area contributed by atoms with Crippen LogP contribution in [-0.2, 0) is 4.79 Å². The average Bonchev–Trinajstić information content (AvgIpc) is 3.25. The van der Waals surface area contributed by atoms with Crippen LogP contribution >= 0.6 is 0 Å². The number of allylic oxidation sites excluding steroid dienone is 1. The van der Waals surface area contributed by atoms with Crippen LogP contribution in [-0.4, -0.2) is 16.1 Å². The molecule has 4 aromatic rings. The van der Waals surface area contributed by atoms with E-state index in [0.29, 0.717) is 17.5 Å². The topological polar surface area (TPSA) is 68.0 Å². The minimum Gasteiger partial charge on any atom is -0.416 e. The highest BCUT2D eigenvalue weighted by atomic mass is 16.4. The summed E-state index contributed by atoms with van der Waals surface area (Å²) in [5, 5.41) is 11.1. The van der Waals surface area contributed by atoms with E-state index in [9.17, 15) is 4.79 Å². The molecule has 0 unspecified atom stereocenters. The first kappa shape index (κ1) is 18.4. The van der Waals surface area contributed by atoms with Crippen LogP contribution < -0.4 is 5.32 Å². The van der Waals surface area contributed by atoms with E-state index in [4.69, 9.17) is 4.42 Å².